The standard InChI is InChI=1S/C52H33N/c1-3-15-37(16-4-1)52(38-17-5-2-6-18-38)46-25-13-11-21-41(46)42-32-31-36(33-47(42)52)34-27-29-35(30-28-34)51-50-44-23-10-8-20-40(44)39-19-7-9-22-43(39)49(50)45-24-12-14-26-48(45)53-51/h1-33H. The monoisotopic (exact) mass is 671 g/mol. The molecule has 0 radical (unpaired) electrons. The van der Waals surface area contributed by atoms with Gasteiger partial charge in [-0.1, -0.05) is 188 Å². The van der Waals surface area contributed by atoms with Crippen molar-refractivity contribution in [3.8, 4) is 33.5 Å². The van der Waals surface area contributed by atoms with E-state index in [1.165, 1.54) is 82.2 Å². The van der Waals surface area contributed by atoms with Crippen molar-refractivity contribution in [2.45, 2.75) is 5.41 Å². The molecule has 10 aromatic rings. The summed E-state index contributed by atoms with van der Waals surface area (Å²) in [6, 6.07) is 73.3. The Morgan fingerprint density at radius 3 is 1.49 bits per heavy atom. The van der Waals surface area contributed by atoms with E-state index in [9.17, 15) is 0 Å². The average Bonchev–Trinajstić information content (AvgIpc) is 3.54. The summed E-state index contributed by atoms with van der Waals surface area (Å²) in [7, 11) is 0. The van der Waals surface area contributed by atoms with Crippen LogP contribution in [0.15, 0.2) is 200 Å². The van der Waals surface area contributed by atoms with Crippen LogP contribution in [-0.4, -0.2) is 4.98 Å². The third kappa shape index (κ3) is 4.28. The molecule has 0 aliphatic heterocycles. The van der Waals surface area contributed by atoms with Crippen LogP contribution in [0.1, 0.15) is 22.3 Å². The van der Waals surface area contributed by atoms with E-state index >= 15 is 0 Å². The van der Waals surface area contributed by atoms with Crippen LogP contribution in [-0.2, 0) is 5.41 Å². The quantitative estimate of drug-likeness (QED) is 0.170. The molecule has 0 saturated carbocycles. The van der Waals surface area contributed by atoms with Crippen molar-refractivity contribution >= 4 is 43.2 Å². The largest absolute Gasteiger partial charge is 0.247 e. The highest BCUT2D eigenvalue weighted by atomic mass is 14.7. The number of para-hydroxylation sites is 1. The minimum atomic E-state index is -0.428. The second-order valence-corrected chi connectivity index (χ2v) is 14.2. The lowest BCUT2D eigenvalue weighted by molar-refractivity contribution is 0.769. The summed E-state index contributed by atoms with van der Waals surface area (Å²) in [6.45, 7) is 0. The van der Waals surface area contributed by atoms with Crippen LogP contribution in [0.3, 0.4) is 0 Å². The third-order valence-corrected chi connectivity index (χ3v) is 11.5. The number of rotatable bonds is 4. The van der Waals surface area contributed by atoms with Gasteiger partial charge in [0.2, 0.25) is 0 Å². The average molecular weight is 672 g/mol. The van der Waals surface area contributed by atoms with Gasteiger partial charge in [0.15, 0.2) is 0 Å². The molecular weight excluding hydrogens is 639 g/mol. The minimum Gasteiger partial charge on any atom is -0.247 e. The van der Waals surface area contributed by atoms with Gasteiger partial charge < -0.3 is 0 Å². The van der Waals surface area contributed by atoms with E-state index in [-0.39, 0.29) is 0 Å². The maximum atomic E-state index is 5.39. The molecule has 0 saturated heterocycles. The highest BCUT2D eigenvalue weighted by Gasteiger charge is 2.46. The van der Waals surface area contributed by atoms with Gasteiger partial charge in [0.1, 0.15) is 0 Å². The highest BCUT2D eigenvalue weighted by molar-refractivity contribution is 6.33. The van der Waals surface area contributed by atoms with Gasteiger partial charge in [0.05, 0.1) is 16.6 Å². The number of fused-ring (bicyclic) bond motifs is 11. The molecule has 1 heteroatoms. The van der Waals surface area contributed by atoms with Crippen molar-refractivity contribution < 1.29 is 0 Å². The first kappa shape index (κ1) is 29.9. The van der Waals surface area contributed by atoms with E-state index in [0.29, 0.717) is 0 Å². The molecule has 0 fully saturated rings. The SMILES string of the molecule is c1ccc(C2(c3ccccc3)c3ccccc3-c3ccc(-c4ccc(-c5nc6ccccc6c6c7ccccc7c7ccccc7c56)cc4)cc32)cc1. The van der Waals surface area contributed by atoms with Gasteiger partial charge >= 0.3 is 0 Å². The molecule has 1 nitrogen and oxygen atoms in total. The van der Waals surface area contributed by atoms with E-state index in [1.54, 1.807) is 0 Å². The molecule has 9 aromatic carbocycles. The normalized spacial score (nSPS) is 13.1. The van der Waals surface area contributed by atoms with E-state index in [4.69, 9.17) is 4.98 Å². The second-order valence-electron chi connectivity index (χ2n) is 14.2. The van der Waals surface area contributed by atoms with Crippen LogP contribution in [0.25, 0.3) is 76.7 Å². The van der Waals surface area contributed by atoms with Crippen LogP contribution in [0.2, 0.25) is 0 Å². The van der Waals surface area contributed by atoms with Crippen molar-refractivity contribution in [3.05, 3.63) is 222 Å². The molecule has 0 bridgehead atoms. The van der Waals surface area contributed by atoms with Crippen molar-refractivity contribution in [1.29, 1.82) is 0 Å². The molecule has 1 aliphatic rings. The Balaban J connectivity index is 1.12. The summed E-state index contributed by atoms with van der Waals surface area (Å²) in [6.07, 6.45) is 0. The Kier molecular flexibility index (Phi) is 6.53. The number of aromatic nitrogens is 1. The highest BCUT2D eigenvalue weighted by Crippen LogP contribution is 2.56. The van der Waals surface area contributed by atoms with Crippen molar-refractivity contribution in [1.82, 2.24) is 4.98 Å². The van der Waals surface area contributed by atoms with Crippen LogP contribution in [0.4, 0.5) is 0 Å². The van der Waals surface area contributed by atoms with E-state index in [2.05, 4.69) is 200 Å². The lowest BCUT2D eigenvalue weighted by atomic mass is 9.67. The Bertz CT molecular complexity index is 2990. The molecule has 0 spiro atoms. The topological polar surface area (TPSA) is 12.9 Å². The Labute approximate surface area is 308 Å². The molecule has 0 N–H and O–H groups in total. The Hall–Kier alpha value is -6.83. The molecular formula is C52H33N. The summed E-state index contributed by atoms with van der Waals surface area (Å²) < 4.78 is 0. The minimum absolute atomic E-state index is 0.428. The molecule has 0 unspecified atom stereocenters. The van der Waals surface area contributed by atoms with E-state index in [0.717, 1.165) is 16.8 Å². The predicted octanol–water partition coefficient (Wildman–Crippen LogP) is 13.4. The molecule has 1 aromatic heterocycles. The predicted molar refractivity (Wildman–Crippen MR) is 222 cm³/mol. The molecule has 53 heavy (non-hydrogen) atoms. The van der Waals surface area contributed by atoms with Gasteiger partial charge in [-0.25, -0.2) is 4.98 Å². The first-order chi connectivity index (χ1) is 26.3. The summed E-state index contributed by atoms with van der Waals surface area (Å²) in [5.74, 6) is 0. The molecule has 1 aliphatic carbocycles. The number of hydrogen-bond acceptors (Lipinski definition) is 1. The van der Waals surface area contributed by atoms with Gasteiger partial charge in [-0.3, -0.25) is 0 Å². The van der Waals surface area contributed by atoms with Gasteiger partial charge in [0, 0.05) is 21.7 Å². The van der Waals surface area contributed by atoms with Gasteiger partial charge in [-0.2, -0.15) is 0 Å². The molecule has 0 atom stereocenters. The van der Waals surface area contributed by atoms with Gasteiger partial charge in [-0.05, 0) is 78.2 Å². The zero-order valence-electron chi connectivity index (χ0n) is 29.0. The van der Waals surface area contributed by atoms with E-state index in [1.807, 2.05) is 0 Å². The molecule has 1 heterocycles. The van der Waals surface area contributed by atoms with Crippen molar-refractivity contribution in [3.63, 3.8) is 0 Å². The van der Waals surface area contributed by atoms with Crippen molar-refractivity contribution in [2.75, 3.05) is 0 Å². The molecule has 0 amide bonds. The molecule has 246 valence electrons. The zero-order chi connectivity index (χ0) is 34.9. The first-order valence-corrected chi connectivity index (χ1v) is 18.4. The fourth-order valence-corrected chi connectivity index (χ4v) is 9.28. The van der Waals surface area contributed by atoms with Gasteiger partial charge in [-0.15, -0.1) is 0 Å². The second kappa shape index (κ2) is 11.6. The Morgan fingerprint density at radius 2 is 0.811 bits per heavy atom. The maximum Gasteiger partial charge on any atom is 0.0794 e. The lowest BCUT2D eigenvalue weighted by Gasteiger charge is -2.34. The number of pyridine rings is 1. The third-order valence-electron chi connectivity index (χ3n) is 11.5. The first-order valence-electron chi connectivity index (χ1n) is 18.4. The lowest BCUT2D eigenvalue weighted by Crippen LogP contribution is -2.28. The number of hydrogen-bond donors (Lipinski definition) is 0. The Morgan fingerprint density at radius 1 is 0.321 bits per heavy atom. The summed E-state index contributed by atoms with van der Waals surface area (Å²) in [5.41, 5.74) is 12.9. The van der Waals surface area contributed by atoms with Crippen LogP contribution in [0.5, 0.6) is 0 Å². The summed E-state index contributed by atoms with van der Waals surface area (Å²) in [4.78, 5) is 5.39. The fourth-order valence-electron chi connectivity index (χ4n) is 9.28. The van der Waals surface area contributed by atoms with Gasteiger partial charge in [0.25, 0.3) is 0 Å². The fraction of sp³-hybridized carbons (Fsp3) is 0.0192. The van der Waals surface area contributed by atoms with Crippen LogP contribution in [0, 0.1) is 0 Å². The number of nitrogens with zero attached hydrogens (tertiary/aromatic N) is 1. The van der Waals surface area contributed by atoms with E-state index < -0.39 is 5.41 Å². The zero-order valence-corrected chi connectivity index (χ0v) is 29.0. The molecule has 11 rings (SSSR count). The summed E-state index contributed by atoms with van der Waals surface area (Å²) in [5, 5.41) is 8.67. The van der Waals surface area contributed by atoms with Crippen LogP contribution < -0.4 is 0 Å². The van der Waals surface area contributed by atoms with Crippen molar-refractivity contribution in [2.24, 2.45) is 0 Å². The number of benzene rings is 9. The smallest absolute Gasteiger partial charge is 0.0794 e. The summed E-state index contributed by atoms with van der Waals surface area (Å²) >= 11 is 0. The maximum absolute atomic E-state index is 5.39. The van der Waals surface area contributed by atoms with Crippen LogP contribution >= 0.6 is 0 Å².